The van der Waals surface area contributed by atoms with Crippen LogP contribution in [0.5, 0.6) is 0 Å². The number of morpholine rings is 1. The average molecular weight is 248 g/mol. The Labute approximate surface area is 106 Å². The second-order valence-corrected chi connectivity index (χ2v) is 4.50. The lowest BCUT2D eigenvalue weighted by atomic mass is 10.1. The minimum atomic E-state index is -0.618. The Morgan fingerprint density at radius 3 is 2.61 bits per heavy atom. The first kappa shape index (κ1) is 12.6. The van der Waals surface area contributed by atoms with Crippen molar-refractivity contribution in [3.63, 3.8) is 0 Å². The molecule has 1 aromatic rings. The van der Waals surface area contributed by atoms with Crippen LogP contribution < -0.4 is 10.6 Å². The van der Waals surface area contributed by atoms with Crippen LogP contribution >= 0.6 is 0 Å². The van der Waals surface area contributed by atoms with Gasteiger partial charge < -0.3 is 15.4 Å². The highest BCUT2D eigenvalue weighted by molar-refractivity contribution is 5.98. The van der Waals surface area contributed by atoms with Crippen molar-refractivity contribution in [1.29, 1.82) is 0 Å². The molecule has 1 heterocycles. The molecule has 1 aliphatic rings. The molecule has 2 rings (SSSR count). The Kier molecular flexibility index (Phi) is 3.62. The van der Waals surface area contributed by atoms with E-state index in [-0.39, 0.29) is 25.0 Å². The van der Waals surface area contributed by atoms with Crippen LogP contribution in [0, 0.1) is 13.8 Å². The maximum Gasteiger partial charge on any atom is 0.249 e. The number of aryl methyl sites for hydroxylation is 2. The van der Waals surface area contributed by atoms with Gasteiger partial charge in [-0.15, -0.1) is 0 Å². The zero-order valence-electron chi connectivity index (χ0n) is 10.4. The molecule has 1 saturated heterocycles. The molecular weight excluding hydrogens is 232 g/mol. The molecule has 0 bridgehead atoms. The van der Waals surface area contributed by atoms with Crippen molar-refractivity contribution in [1.82, 2.24) is 5.32 Å². The molecule has 1 aromatic carbocycles. The molecule has 0 aromatic heterocycles. The summed E-state index contributed by atoms with van der Waals surface area (Å²) in [6.45, 7) is 4.16. The number of anilines is 1. The average Bonchev–Trinajstić information content (AvgIpc) is 2.27. The number of carbonyl (C=O) groups is 2. The molecule has 1 atom stereocenters. The van der Waals surface area contributed by atoms with Gasteiger partial charge in [0.2, 0.25) is 11.8 Å². The van der Waals surface area contributed by atoms with E-state index in [2.05, 4.69) is 10.6 Å². The molecule has 5 nitrogen and oxygen atoms in total. The van der Waals surface area contributed by atoms with E-state index in [1.807, 2.05) is 32.0 Å². The number of ether oxygens (including phenoxy) is 1. The first-order valence-corrected chi connectivity index (χ1v) is 5.81. The summed E-state index contributed by atoms with van der Waals surface area (Å²) in [5, 5.41) is 5.37. The summed E-state index contributed by atoms with van der Waals surface area (Å²) in [4.78, 5) is 23.1. The quantitative estimate of drug-likeness (QED) is 0.812. The standard InChI is InChI=1S/C13H16N2O3/c1-8-3-9(2)5-10(4-8)14-13(17)11-6-18-7-12(16)15-11/h3-5,11H,6-7H2,1-2H3,(H,14,17)(H,15,16). The summed E-state index contributed by atoms with van der Waals surface area (Å²) >= 11 is 0. The lowest BCUT2D eigenvalue weighted by Crippen LogP contribution is -2.51. The molecule has 1 fully saturated rings. The number of hydrogen-bond donors (Lipinski definition) is 2. The van der Waals surface area contributed by atoms with Crippen molar-refractivity contribution in [2.45, 2.75) is 19.9 Å². The van der Waals surface area contributed by atoms with E-state index in [1.54, 1.807) is 0 Å². The second-order valence-electron chi connectivity index (χ2n) is 4.50. The SMILES string of the molecule is Cc1cc(C)cc(NC(=O)C2COCC(=O)N2)c1. The summed E-state index contributed by atoms with van der Waals surface area (Å²) in [6.07, 6.45) is 0. The van der Waals surface area contributed by atoms with E-state index in [9.17, 15) is 9.59 Å². The van der Waals surface area contributed by atoms with Crippen LogP contribution in [-0.4, -0.2) is 31.1 Å². The third-order valence-corrected chi connectivity index (χ3v) is 2.66. The maximum absolute atomic E-state index is 11.9. The summed E-state index contributed by atoms with van der Waals surface area (Å²) in [5.41, 5.74) is 2.89. The van der Waals surface area contributed by atoms with E-state index in [0.717, 1.165) is 16.8 Å². The molecule has 0 aliphatic carbocycles. The number of benzene rings is 1. The molecule has 1 aliphatic heterocycles. The fourth-order valence-corrected chi connectivity index (χ4v) is 1.96. The molecule has 18 heavy (non-hydrogen) atoms. The summed E-state index contributed by atoms with van der Waals surface area (Å²) in [7, 11) is 0. The molecule has 0 spiro atoms. The fourth-order valence-electron chi connectivity index (χ4n) is 1.96. The number of nitrogens with one attached hydrogen (secondary N) is 2. The summed E-state index contributed by atoms with van der Waals surface area (Å²) in [5.74, 6) is -0.519. The predicted octanol–water partition coefficient (Wildman–Crippen LogP) is 0.757. The van der Waals surface area contributed by atoms with Crippen LogP contribution in [0.15, 0.2) is 18.2 Å². The van der Waals surface area contributed by atoms with E-state index in [0.29, 0.717) is 0 Å². The van der Waals surface area contributed by atoms with Crippen molar-refractivity contribution in [3.8, 4) is 0 Å². The van der Waals surface area contributed by atoms with Crippen LogP contribution in [0.2, 0.25) is 0 Å². The van der Waals surface area contributed by atoms with Gasteiger partial charge in [0.1, 0.15) is 12.6 Å². The molecule has 0 radical (unpaired) electrons. The molecule has 2 amide bonds. The third kappa shape index (κ3) is 3.07. The van der Waals surface area contributed by atoms with Gasteiger partial charge in [0, 0.05) is 5.69 Å². The Bertz CT molecular complexity index is 465. The van der Waals surface area contributed by atoms with Gasteiger partial charge in [0.15, 0.2) is 0 Å². The first-order chi connectivity index (χ1) is 8.54. The fraction of sp³-hybridized carbons (Fsp3) is 0.385. The van der Waals surface area contributed by atoms with Gasteiger partial charge in [0.25, 0.3) is 0 Å². The van der Waals surface area contributed by atoms with E-state index in [4.69, 9.17) is 4.74 Å². The van der Waals surface area contributed by atoms with Crippen LogP contribution in [-0.2, 0) is 14.3 Å². The summed E-state index contributed by atoms with van der Waals surface area (Å²) in [6, 6.07) is 5.18. The molecular formula is C13H16N2O3. The zero-order chi connectivity index (χ0) is 13.1. The third-order valence-electron chi connectivity index (χ3n) is 2.66. The Morgan fingerprint density at radius 1 is 1.33 bits per heavy atom. The number of carbonyl (C=O) groups excluding carboxylic acids is 2. The van der Waals surface area contributed by atoms with Crippen LogP contribution in [0.25, 0.3) is 0 Å². The molecule has 5 heteroatoms. The molecule has 2 N–H and O–H groups in total. The lowest BCUT2D eigenvalue weighted by molar-refractivity contribution is -0.136. The minimum Gasteiger partial charge on any atom is -0.369 e. The van der Waals surface area contributed by atoms with Crippen LogP contribution in [0.3, 0.4) is 0 Å². The van der Waals surface area contributed by atoms with Crippen molar-refractivity contribution in [3.05, 3.63) is 29.3 Å². The Morgan fingerprint density at radius 2 is 2.00 bits per heavy atom. The second kappa shape index (κ2) is 5.18. The molecule has 1 unspecified atom stereocenters. The Balaban J connectivity index is 2.04. The lowest BCUT2D eigenvalue weighted by Gasteiger charge is -2.22. The van der Waals surface area contributed by atoms with Gasteiger partial charge in [0.05, 0.1) is 6.61 Å². The maximum atomic E-state index is 11.9. The van der Waals surface area contributed by atoms with Gasteiger partial charge in [-0.05, 0) is 37.1 Å². The largest absolute Gasteiger partial charge is 0.369 e. The minimum absolute atomic E-state index is 0.0212. The van der Waals surface area contributed by atoms with Gasteiger partial charge in [-0.25, -0.2) is 0 Å². The van der Waals surface area contributed by atoms with E-state index >= 15 is 0 Å². The van der Waals surface area contributed by atoms with Crippen molar-refractivity contribution >= 4 is 17.5 Å². The van der Waals surface area contributed by atoms with Crippen molar-refractivity contribution < 1.29 is 14.3 Å². The summed E-state index contributed by atoms with van der Waals surface area (Å²) < 4.78 is 5.03. The normalized spacial score (nSPS) is 19.2. The highest BCUT2D eigenvalue weighted by atomic mass is 16.5. The van der Waals surface area contributed by atoms with Crippen LogP contribution in [0.1, 0.15) is 11.1 Å². The zero-order valence-corrected chi connectivity index (χ0v) is 10.4. The highest BCUT2D eigenvalue weighted by Crippen LogP contribution is 2.14. The number of hydrogen-bond acceptors (Lipinski definition) is 3. The van der Waals surface area contributed by atoms with Gasteiger partial charge in [-0.1, -0.05) is 6.07 Å². The van der Waals surface area contributed by atoms with Gasteiger partial charge in [-0.3, -0.25) is 9.59 Å². The van der Waals surface area contributed by atoms with Gasteiger partial charge in [-0.2, -0.15) is 0 Å². The van der Waals surface area contributed by atoms with E-state index in [1.165, 1.54) is 0 Å². The van der Waals surface area contributed by atoms with Crippen LogP contribution in [0.4, 0.5) is 5.69 Å². The number of rotatable bonds is 2. The monoisotopic (exact) mass is 248 g/mol. The van der Waals surface area contributed by atoms with E-state index < -0.39 is 6.04 Å². The van der Waals surface area contributed by atoms with Crippen molar-refractivity contribution in [2.24, 2.45) is 0 Å². The first-order valence-electron chi connectivity index (χ1n) is 5.81. The molecule has 0 saturated carbocycles. The topological polar surface area (TPSA) is 67.4 Å². The number of amides is 2. The van der Waals surface area contributed by atoms with Gasteiger partial charge >= 0.3 is 0 Å². The molecule has 96 valence electrons. The predicted molar refractivity (Wildman–Crippen MR) is 67.3 cm³/mol. The Hall–Kier alpha value is -1.88. The smallest absolute Gasteiger partial charge is 0.249 e. The van der Waals surface area contributed by atoms with Crippen molar-refractivity contribution in [2.75, 3.05) is 18.5 Å². The highest BCUT2D eigenvalue weighted by Gasteiger charge is 2.25.